The van der Waals surface area contributed by atoms with Gasteiger partial charge < -0.3 is 0 Å². The number of halogens is 3. The molecule has 0 bridgehead atoms. The highest BCUT2D eigenvalue weighted by atomic mass is 35.5. The van der Waals surface area contributed by atoms with E-state index in [4.69, 9.17) is 35.0 Å². The molecule has 1 rings (SSSR count). The van der Waals surface area contributed by atoms with Gasteiger partial charge in [-0.1, -0.05) is 11.6 Å². The van der Waals surface area contributed by atoms with Crippen LogP contribution < -0.4 is 0 Å². The lowest BCUT2D eigenvalue weighted by atomic mass is 10.7. The normalized spacial score (nSPS) is 19.2. The average Bonchev–Trinajstić information content (AvgIpc) is 1.59. The third-order valence-corrected chi connectivity index (χ3v) is 1.22. The molecule has 0 aliphatic carbocycles. The van der Waals surface area contributed by atoms with Crippen LogP contribution in [0.3, 0.4) is 0 Å². The molecular weight excluding hydrogens is 184 g/mol. The highest BCUT2D eigenvalue weighted by Gasteiger charge is 2.08. The van der Waals surface area contributed by atoms with Gasteiger partial charge in [-0.2, -0.15) is 4.53 Å². The lowest BCUT2D eigenvalue weighted by Gasteiger charge is -2.10. The number of hydrogen-bond donors (Lipinski definition) is 0. The average molecular weight is 186 g/mol. The molecule has 1 aliphatic rings. The quantitative estimate of drug-likeness (QED) is 0.417. The molecule has 0 fully saturated rings. The summed E-state index contributed by atoms with van der Waals surface area (Å²) >= 11 is 16.2. The van der Waals surface area contributed by atoms with Crippen molar-refractivity contribution in [2.45, 2.75) is 0 Å². The van der Waals surface area contributed by atoms with Gasteiger partial charge in [0.1, 0.15) is 11.7 Å². The van der Waals surface area contributed by atoms with Crippen molar-refractivity contribution in [3.05, 3.63) is 0 Å². The molecular formula is C3H2Cl3N3. The van der Waals surface area contributed by atoms with Crippen LogP contribution in [0.1, 0.15) is 0 Å². The summed E-state index contributed by atoms with van der Waals surface area (Å²) in [5.41, 5.74) is 0. The van der Waals surface area contributed by atoms with E-state index in [1.807, 2.05) is 0 Å². The third-order valence-electron chi connectivity index (χ3n) is 0.666. The number of amidine groups is 1. The molecule has 0 saturated heterocycles. The third kappa shape index (κ3) is 2.01. The van der Waals surface area contributed by atoms with Crippen LogP contribution in [0.25, 0.3) is 0 Å². The Hall–Kier alpha value is 0.01000. The van der Waals surface area contributed by atoms with Crippen molar-refractivity contribution in [1.29, 1.82) is 0 Å². The summed E-state index contributed by atoms with van der Waals surface area (Å²) in [4.78, 5) is 3.60. The molecule has 0 aromatic heterocycles. The van der Waals surface area contributed by atoms with Gasteiger partial charge in [-0.25, -0.2) is 4.99 Å². The number of rotatable bonds is 0. The summed E-state index contributed by atoms with van der Waals surface area (Å²) in [6.07, 6.45) is 0. The summed E-state index contributed by atoms with van der Waals surface area (Å²) in [6.45, 7) is 0.305. The Morgan fingerprint density at radius 1 is 1.44 bits per heavy atom. The van der Waals surface area contributed by atoms with Gasteiger partial charge >= 0.3 is 0 Å². The van der Waals surface area contributed by atoms with Crippen LogP contribution in [-0.2, 0) is 0 Å². The molecule has 1 heterocycles. The fraction of sp³-hybridized carbons (Fsp3) is 0.333. The zero-order valence-electron chi connectivity index (χ0n) is 4.18. The largest absolute Gasteiger partial charge is 0.242 e. The summed E-state index contributed by atoms with van der Waals surface area (Å²) in [5.74, 6) is 0. The van der Waals surface area contributed by atoms with E-state index < -0.39 is 0 Å². The maximum absolute atomic E-state index is 5.46. The Balaban J connectivity index is 2.74. The van der Waals surface area contributed by atoms with Gasteiger partial charge in [-0.3, -0.25) is 0 Å². The molecule has 3 nitrogen and oxygen atoms in total. The van der Waals surface area contributed by atoms with Crippen molar-refractivity contribution in [2.24, 2.45) is 10.1 Å². The second-order valence-electron chi connectivity index (χ2n) is 1.35. The van der Waals surface area contributed by atoms with E-state index >= 15 is 0 Å². The smallest absolute Gasteiger partial charge is 0.207 e. The van der Waals surface area contributed by atoms with E-state index in [0.717, 1.165) is 4.53 Å². The van der Waals surface area contributed by atoms with Crippen molar-refractivity contribution in [2.75, 3.05) is 6.54 Å². The first-order chi connectivity index (χ1) is 4.18. The molecule has 9 heavy (non-hydrogen) atoms. The molecule has 0 aromatic carbocycles. The minimum Gasteiger partial charge on any atom is -0.207 e. The first-order valence-electron chi connectivity index (χ1n) is 2.09. The van der Waals surface area contributed by atoms with Crippen LogP contribution in [0.4, 0.5) is 0 Å². The van der Waals surface area contributed by atoms with Gasteiger partial charge in [0.2, 0.25) is 5.29 Å². The number of hydrogen-bond acceptors (Lipinski definition) is 3. The lowest BCUT2D eigenvalue weighted by molar-refractivity contribution is 0.553. The van der Waals surface area contributed by atoms with Crippen molar-refractivity contribution >= 4 is 45.4 Å². The van der Waals surface area contributed by atoms with E-state index in [1.54, 1.807) is 0 Å². The van der Waals surface area contributed by atoms with Gasteiger partial charge in [0.25, 0.3) is 0 Å². The zero-order valence-corrected chi connectivity index (χ0v) is 6.45. The minimum atomic E-state index is 0.0567. The van der Waals surface area contributed by atoms with E-state index in [9.17, 15) is 0 Å². The Bertz CT molecular complexity index is 175. The topological polar surface area (TPSA) is 28.0 Å². The molecule has 0 spiro atoms. The van der Waals surface area contributed by atoms with Crippen LogP contribution in [0.2, 0.25) is 0 Å². The minimum absolute atomic E-state index is 0.0567. The molecule has 6 heteroatoms. The maximum Gasteiger partial charge on any atom is 0.242 e. The van der Waals surface area contributed by atoms with E-state index in [-0.39, 0.29) is 5.29 Å². The van der Waals surface area contributed by atoms with Gasteiger partial charge in [0.05, 0.1) is 0 Å². The lowest BCUT2D eigenvalue weighted by Crippen LogP contribution is -2.18. The van der Waals surface area contributed by atoms with E-state index in [0.29, 0.717) is 11.7 Å². The van der Waals surface area contributed by atoms with Gasteiger partial charge in [-0.05, 0) is 11.6 Å². The molecule has 0 N–H and O–H groups in total. The van der Waals surface area contributed by atoms with Crippen molar-refractivity contribution < 1.29 is 0 Å². The second kappa shape index (κ2) is 2.73. The standard InChI is InChI=1S/C3H2Cl3N3/c4-2-1-9(6)8-3(5)7-2/h1H2. The highest BCUT2D eigenvalue weighted by Crippen LogP contribution is 2.07. The summed E-state index contributed by atoms with van der Waals surface area (Å²) < 4.78 is 1.09. The van der Waals surface area contributed by atoms with Crippen LogP contribution in [-0.4, -0.2) is 21.5 Å². The molecule has 0 radical (unpaired) electrons. The zero-order chi connectivity index (χ0) is 6.85. The Kier molecular flexibility index (Phi) is 2.16. The highest BCUT2D eigenvalue weighted by molar-refractivity contribution is 6.72. The van der Waals surface area contributed by atoms with E-state index in [1.165, 1.54) is 0 Å². The second-order valence-corrected chi connectivity index (χ2v) is 2.52. The van der Waals surface area contributed by atoms with Gasteiger partial charge in [-0.15, -0.1) is 5.10 Å². The predicted octanol–water partition coefficient (Wildman–Crippen LogP) is 1.60. The molecule has 0 unspecified atom stereocenters. The molecule has 1 aliphatic heterocycles. The van der Waals surface area contributed by atoms with Gasteiger partial charge in [0, 0.05) is 11.8 Å². The van der Waals surface area contributed by atoms with Crippen molar-refractivity contribution in [3.8, 4) is 0 Å². The number of hydrazone groups is 1. The predicted molar refractivity (Wildman–Crippen MR) is 39.1 cm³/mol. The van der Waals surface area contributed by atoms with E-state index in [2.05, 4.69) is 10.1 Å². The van der Waals surface area contributed by atoms with Crippen LogP contribution in [0.5, 0.6) is 0 Å². The van der Waals surface area contributed by atoms with Crippen LogP contribution in [0, 0.1) is 0 Å². The Morgan fingerprint density at radius 3 is 2.56 bits per heavy atom. The molecule has 0 atom stereocenters. The van der Waals surface area contributed by atoms with Crippen LogP contribution >= 0.6 is 35.0 Å². The first-order valence-corrected chi connectivity index (χ1v) is 3.18. The Labute approximate surface area is 67.0 Å². The molecule has 0 amide bonds. The van der Waals surface area contributed by atoms with Gasteiger partial charge in [0.15, 0.2) is 0 Å². The number of aliphatic imine (C=N–C) groups is 1. The summed E-state index contributed by atoms with van der Waals surface area (Å²) in [6, 6.07) is 0. The number of nitrogens with zero attached hydrogens (tertiary/aromatic N) is 3. The summed E-state index contributed by atoms with van der Waals surface area (Å²) in [5, 5.41) is 3.94. The first kappa shape index (κ1) is 7.12. The fourth-order valence-corrected chi connectivity index (χ4v) is 1.10. The monoisotopic (exact) mass is 185 g/mol. The van der Waals surface area contributed by atoms with Crippen molar-refractivity contribution in [1.82, 2.24) is 4.53 Å². The maximum atomic E-state index is 5.46. The molecule has 0 aromatic rings. The van der Waals surface area contributed by atoms with Crippen molar-refractivity contribution in [3.63, 3.8) is 0 Å². The fourth-order valence-electron chi connectivity index (χ4n) is 0.390. The summed E-state index contributed by atoms with van der Waals surface area (Å²) in [7, 11) is 0. The van der Waals surface area contributed by atoms with Crippen LogP contribution in [0.15, 0.2) is 10.1 Å². The molecule has 50 valence electrons. The SMILES string of the molecule is ClC1=NC(Cl)=NN(Cl)C1. The molecule has 0 saturated carbocycles. The Morgan fingerprint density at radius 2 is 2.11 bits per heavy atom.